The Morgan fingerprint density at radius 3 is 2.50 bits per heavy atom. The summed E-state index contributed by atoms with van der Waals surface area (Å²) in [6.07, 6.45) is 0. The molecule has 0 amide bonds. The summed E-state index contributed by atoms with van der Waals surface area (Å²) in [6.45, 7) is 0. The molecule has 0 saturated heterocycles. The highest BCUT2D eigenvalue weighted by Gasteiger charge is 2.18. The highest BCUT2D eigenvalue weighted by Crippen LogP contribution is 2.38. The lowest BCUT2D eigenvalue weighted by Gasteiger charge is -2.11. The van der Waals surface area contributed by atoms with Gasteiger partial charge in [0.2, 0.25) is 0 Å². The molecule has 0 bridgehead atoms. The van der Waals surface area contributed by atoms with E-state index in [1.54, 1.807) is 13.2 Å². The Morgan fingerprint density at radius 2 is 1.79 bits per heavy atom. The fraction of sp³-hybridized carbons (Fsp3) is 0.0500. The van der Waals surface area contributed by atoms with Crippen molar-refractivity contribution in [2.24, 2.45) is 0 Å². The summed E-state index contributed by atoms with van der Waals surface area (Å²) in [6, 6.07) is 19.4. The Morgan fingerprint density at radius 1 is 0.958 bits per heavy atom. The zero-order valence-electron chi connectivity index (χ0n) is 13.0. The summed E-state index contributed by atoms with van der Waals surface area (Å²) < 4.78 is 10.8. The van der Waals surface area contributed by atoms with Crippen LogP contribution in [0, 0.1) is 0 Å². The summed E-state index contributed by atoms with van der Waals surface area (Å²) in [4.78, 5) is 13.6. The van der Waals surface area contributed by atoms with Crippen molar-refractivity contribution in [3.8, 4) is 27.3 Å². The SMILES string of the molecule is COc1ccc2c(-c3ccccc3)c(-c3cccs3)c(=O)oc2c1. The van der Waals surface area contributed by atoms with Crippen LogP contribution in [-0.2, 0) is 0 Å². The highest BCUT2D eigenvalue weighted by molar-refractivity contribution is 7.13. The average Bonchev–Trinajstić information content (AvgIpc) is 3.15. The molecule has 4 rings (SSSR count). The monoisotopic (exact) mass is 334 g/mol. The predicted octanol–water partition coefficient (Wildman–Crippen LogP) is 5.20. The van der Waals surface area contributed by atoms with E-state index < -0.39 is 0 Å². The second-order valence-electron chi connectivity index (χ2n) is 5.34. The molecule has 0 aliphatic rings. The van der Waals surface area contributed by atoms with E-state index in [0.29, 0.717) is 16.9 Å². The van der Waals surface area contributed by atoms with Crippen LogP contribution in [0.5, 0.6) is 5.75 Å². The van der Waals surface area contributed by atoms with Gasteiger partial charge < -0.3 is 9.15 Å². The molecule has 2 heterocycles. The second kappa shape index (κ2) is 5.98. The number of benzene rings is 2. The Hall–Kier alpha value is -2.85. The third-order valence-corrected chi connectivity index (χ3v) is 4.83. The van der Waals surface area contributed by atoms with E-state index in [-0.39, 0.29) is 5.63 Å². The topological polar surface area (TPSA) is 39.4 Å². The van der Waals surface area contributed by atoms with Crippen molar-refractivity contribution in [2.45, 2.75) is 0 Å². The van der Waals surface area contributed by atoms with Crippen molar-refractivity contribution >= 4 is 22.3 Å². The lowest BCUT2D eigenvalue weighted by Crippen LogP contribution is -2.05. The molecule has 118 valence electrons. The largest absolute Gasteiger partial charge is 0.497 e. The molecular formula is C20H14O3S. The standard InChI is InChI=1S/C20H14O3S/c1-22-14-9-10-15-16(12-14)23-20(21)19(17-8-5-11-24-17)18(15)13-6-3-2-4-7-13/h2-12H,1H3. The van der Waals surface area contributed by atoms with Gasteiger partial charge in [0.1, 0.15) is 11.3 Å². The van der Waals surface area contributed by atoms with Crippen molar-refractivity contribution < 1.29 is 9.15 Å². The van der Waals surface area contributed by atoms with E-state index >= 15 is 0 Å². The van der Waals surface area contributed by atoms with E-state index in [1.807, 2.05) is 60.0 Å². The summed E-state index contributed by atoms with van der Waals surface area (Å²) in [5.41, 5.74) is 2.68. The van der Waals surface area contributed by atoms with Crippen molar-refractivity contribution in [3.63, 3.8) is 0 Å². The molecule has 0 saturated carbocycles. The van der Waals surface area contributed by atoms with Crippen molar-refractivity contribution in [1.29, 1.82) is 0 Å². The van der Waals surface area contributed by atoms with Crippen LogP contribution in [0.15, 0.2) is 75.3 Å². The fourth-order valence-corrected chi connectivity index (χ4v) is 3.62. The van der Waals surface area contributed by atoms with Crippen LogP contribution in [0.1, 0.15) is 0 Å². The van der Waals surface area contributed by atoms with Gasteiger partial charge in [0.15, 0.2) is 0 Å². The van der Waals surface area contributed by atoms with Gasteiger partial charge in [0.25, 0.3) is 0 Å². The lowest BCUT2D eigenvalue weighted by atomic mass is 9.96. The average molecular weight is 334 g/mol. The van der Waals surface area contributed by atoms with Crippen LogP contribution < -0.4 is 10.4 Å². The van der Waals surface area contributed by atoms with Gasteiger partial charge in [0.05, 0.1) is 12.7 Å². The van der Waals surface area contributed by atoms with Crippen molar-refractivity contribution in [1.82, 2.24) is 0 Å². The van der Waals surface area contributed by atoms with Gasteiger partial charge >= 0.3 is 5.63 Å². The molecule has 0 unspecified atom stereocenters. The minimum Gasteiger partial charge on any atom is -0.497 e. The molecule has 0 spiro atoms. The zero-order valence-corrected chi connectivity index (χ0v) is 13.8. The first-order valence-corrected chi connectivity index (χ1v) is 8.40. The van der Waals surface area contributed by atoms with Crippen LogP contribution in [-0.4, -0.2) is 7.11 Å². The van der Waals surface area contributed by atoms with Crippen LogP contribution in [0.2, 0.25) is 0 Å². The minimum atomic E-state index is -0.336. The molecule has 0 aliphatic heterocycles. The summed E-state index contributed by atoms with van der Waals surface area (Å²) in [5.74, 6) is 0.661. The van der Waals surface area contributed by atoms with Gasteiger partial charge in [-0.2, -0.15) is 0 Å². The maximum absolute atomic E-state index is 12.7. The highest BCUT2D eigenvalue weighted by atomic mass is 32.1. The maximum Gasteiger partial charge on any atom is 0.345 e. The van der Waals surface area contributed by atoms with E-state index in [2.05, 4.69) is 0 Å². The first-order chi connectivity index (χ1) is 11.8. The van der Waals surface area contributed by atoms with Crippen molar-refractivity contribution in [2.75, 3.05) is 7.11 Å². The Bertz CT molecular complexity index is 1050. The number of hydrogen-bond acceptors (Lipinski definition) is 4. The summed E-state index contributed by atoms with van der Waals surface area (Å²) >= 11 is 1.53. The number of rotatable bonds is 3. The van der Waals surface area contributed by atoms with Gasteiger partial charge in [-0.3, -0.25) is 0 Å². The number of methoxy groups -OCH3 is 1. The third kappa shape index (κ3) is 2.41. The molecule has 3 nitrogen and oxygen atoms in total. The molecular weight excluding hydrogens is 320 g/mol. The van der Waals surface area contributed by atoms with Crippen LogP contribution in [0.25, 0.3) is 32.5 Å². The molecule has 2 aromatic carbocycles. The number of hydrogen-bond donors (Lipinski definition) is 0. The van der Waals surface area contributed by atoms with Crippen LogP contribution in [0.3, 0.4) is 0 Å². The van der Waals surface area contributed by atoms with E-state index in [9.17, 15) is 4.79 Å². The number of thiophene rings is 1. The molecule has 24 heavy (non-hydrogen) atoms. The molecule has 2 aromatic heterocycles. The molecule has 0 N–H and O–H groups in total. The third-order valence-electron chi connectivity index (χ3n) is 3.94. The first-order valence-electron chi connectivity index (χ1n) is 7.52. The van der Waals surface area contributed by atoms with E-state index in [1.165, 1.54) is 11.3 Å². The number of ether oxygens (including phenoxy) is 1. The van der Waals surface area contributed by atoms with Gasteiger partial charge in [-0.1, -0.05) is 36.4 Å². The fourth-order valence-electron chi connectivity index (χ4n) is 2.86. The predicted molar refractivity (Wildman–Crippen MR) is 97.8 cm³/mol. The molecule has 0 atom stereocenters. The van der Waals surface area contributed by atoms with E-state index in [4.69, 9.17) is 9.15 Å². The normalized spacial score (nSPS) is 10.9. The summed E-state index contributed by atoms with van der Waals surface area (Å²) in [5, 5.41) is 2.85. The molecule has 0 aliphatic carbocycles. The number of fused-ring (bicyclic) bond motifs is 1. The Balaban J connectivity index is 2.15. The molecule has 4 heteroatoms. The second-order valence-corrected chi connectivity index (χ2v) is 6.29. The zero-order chi connectivity index (χ0) is 16.5. The van der Waals surface area contributed by atoms with Gasteiger partial charge in [0, 0.05) is 21.9 Å². The van der Waals surface area contributed by atoms with Crippen molar-refractivity contribution in [3.05, 3.63) is 76.5 Å². The van der Waals surface area contributed by atoms with Crippen LogP contribution in [0.4, 0.5) is 0 Å². The van der Waals surface area contributed by atoms with Gasteiger partial charge in [-0.05, 0) is 29.1 Å². The lowest BCUT2D eigenvalue weighted by molar-refractivity contribution is 0.414. The van der Waals surface area contributed by atoms with Gasteiger partial charge in [-0.15, -0.1) is 11.3 Å². The smallest absolute Gasteiger partial charge is 0.345 e. The Kier molecular flexibility index (Phi) is 3.67. The molecule has 0 fully saturated rings. The first kappa shape index (κ1) is 14.7. The molecule has 0 radical (unpaired) electrons. The van der Waals surface area contributed by atoms with Gasteiger partial charge in [-0.25, -0.2) is 4.79 Å². The Labute approximate surface area is 142 Å². The minimum absolute atomic E-state index is 0.336. The van der Waals surface area contributed by atoms with E-state index in [0.717, 1.165) is 21.4 Å². The summed E-state index contributed by atoms with van der Waals surface area (Å²) in [7, 11) is 1.59. The molecule has 4 aromatic rings. The maximum atomic E-state index is 12.7. The quantitative estimate of drug-likeness (QED) is 0.484. The van der Waals surface area contributed by atoms with Crippen LogP contribution >= 0.6 is 11.3 Å².